The first-order valence-corrected chi connectivity index (χ1v) is 11.2. The van der Waals surface area contributed by atoms with E-state index in [1.165, 1.54) is 23.3 Å². The van der Waals surface area contributed by atoms with Crippen LogP contribution in [0.15, 0.2) is 48.5 Å². The van der Waals surface area contributed by atoms with Crippen LogP contribution in [-0.4, -0.2) is 53.8 Å². The summed E-state index contributed by atoms with van der Waals surface area (Å²) < 4.78 is 13.5. The first kappa shape index (κ1) is 20.2. The lowest BCUT2D eigenvalue weighted by molar-refractivity contribution is -0.129. The number of hydrogen-bond acceptors (Lipinski definition) is 3. The molecule has 5 nitrogen and oxygen atoms in total. The van der Waals surface area contributed by atoms with Gasteiger partial charge in [0.15, 0.2) is 0 Å². The van der Waals surface area contributed by atoms with Crippen LogP contribution in [0.1, 0.15) is 36.0 Å². The smallest absolute Gasteiger partial charge is 0.232 e. The molecule has 0 aliphatic carbocycles. The van der Waals surface area contributed by atoms with Crippen LogP contribution in [0.4, 0.5) is 4.39 Å². The molecule has 3 heterocycles. The minimum atomic E-state index is -0.803. The van der Waals surface area contributed by atoms with Crippen molar-refractivity contribution < 1.29 is 14.0 Å². The van der Waals surface area contributed by atoms with E-state index in [1.807, 2.05) is 4.90 Å². The Labute approximate surface area is 182 Å². The molecule has 2 aromatic carbocycles. The van der Waals surface area contributed by atoms with Crippen LogP contribution in [0.3, 0.4) is 0 Å². The summed E-state index contributed by atoms with van der Waals surface area (Å²) in [7, 11) is 0. The van der Waals surface area contributed by atoms with Crippen molar-refractivity contribution in [3.8, 4) is 0 Å². The van der Waals surface area contributed by atoms with E-state index in [-0.39, 0.29) is 23.7 Å². The van der Waals surface area contributed by atoms with Crippen LogP contribution in [0.25, 0.3) is 0 Å². The maximum absolute atomic E-state index is 13.5. The zero-order chi connectivity index (χ0) is 21.4. The topological polar surface area (TPSA) is 52.7 Å². The summed E-state index contributed by atoms with van der Waals surface area (Å²) in [6.07, 6.45) is 2.99. The largest absolute Gasteiger partial charge is 0.354 e. The molecule has 2 amide bonds. The molecule has 5 rings (SSSR count). The van der Waals surface area contributed by atoms with E-state index < -0.39 is 5.41 Å². The molecule has 6 heteroatoms. The molecule has 2 fully saturated rings. The van der Waals surface area contributed by atoms with E-state index in [1.54, 1.807) is 12.1 Å². The van der Waals surface area contributed by atoms with Gasteiger partial charge in [0.25, 0.3) is 0 Å². The number of benzene rings is 2. The second-order valence-electron chi connectivity index (χ2n) is 9.06. The Morgan fingerprint density at radius 2 is 1.87 bits per heavy atom. The SMILES string of the molecule is O=C1CC[C@H]2C[C@@](C(=O)NCCN3CCc4ccccc4C3)(c3ccc(F)cc3)CN12. The van der Waals surface area contributed by atoms with Gasteiger partial charge in [-0.15, -0.1) is 0 Å². The summed E-state index contributed by atoms with van der Waals surface area (Å²) in [6.45, 7) is 3.61. The Morgan fingerprint density at radius 3 is 2.65 bits per heavy atom. The Balaban J connectivity index is 1.27. The van der Waals surface area contributed by atoms with E-state index in [4.69, 9.17) is 0 Å². The quantitative estimate of drug-likeness (QED) is 0.808. The van der Waals surface area contributed by atoms with Gasteiger partial charge in [-0.05, 0) is 48.1 Å². The van der Waals surface area contributed by atoms with Crippen molar-refractivity contribution in [1.29, 1.82) is 0 Å². The zero-order valence-corrected chi connectivity index (χ0v) is 17.6. The molecule has 0 aromatic heterocycles. The Morgan fingerprint density at radius 1 is 1.10 bits per heavy atom. The molecule has 0 unspecified atom stereocenters. The van der Waals surface area contributed by atoms with Gasteiger partial charge in [0, 0.05) is 45.2 Å². The molecule has 2 aromatic rings. The highest BCUT2D eigenvalue weighted by molar-refractivity contribution is 5.91. The van der Waals surface area contributed by atoms with Gasteiger partial charge < -0.3 is 10.2 Å². The molecule has 3 aliphatic rings. The highest BCUT2D eigenvalue weighted by Gasteiger charge is 2.53. The highest BCUT2D eigenvalue weighted by Crippen LogP contribution is 2.43. The monoisotopic (exact) mass is 421 g/mol. The molecular formula is C25H28FN3O2. The van der Waals surface area contributed by atoms with Crippen molar-refractivity contribution in [2.75, 3.05) is 26.2 Å². The van der Waals surface area contributed by atoms with Gasteiger partial charge in [-0.3, -0.25) is 14.5 Å². The minimum Gasteiger partial charge on any atom is -0.354 e. The van der Waals surface area contributed by atoms with Crippen LogP contribution < -0.4 is 5.32 Å². The Bertz CT molecular complexity index is 993. The van der Waals surface area contributed by atoms with Gasteiger partial charge in [-0.25, -0.2) is 4.39 Å². The molecule has 0 bridgehead atoms. The van der Waals surface area contributed by atoms with E-state index >= 15 is 0 Å². The molecule has 0 radical (unpaired) electrons. The van der Waals surface area contributed by atoms with Crippen molar-refractivity contribution in [3.05, 3.63) is 71.0 Å². The Kier molecular flexibility index (Phi) is 5.26. The number of halogens is 1. The third kappa shape index (κ3) is 3.74. The molecule has 2 atom stereocenters. The number of carbonyl (C=O) groups excluding carboxylic acids is 2. The molecule has 0 spiro atoms. The maximum Gasteiger partial charge on any atom is 0.232 e. The molecule has 2 saturated heterocycles. The molecule has 1 N–H and O–H groups in total. The van der Waals surface area contributed by atoms with Gasteiger partial charge in [0.1, 0.15) is 5.82 Å². The summed E-state index contributed by atoms with van der Waals surface area (Å²) in [5, 5.41) is 3.14. The number of rotatable bonds is 5. The third-order valence-corrected chi connectivity index (χ3v) is 7.23. The average molecular weight is 422 g/mol. The van der Waals surface area contributed by atoms with Crippen LogP contribution in [0.5, 0.6) is 0 Å². The van der Waals surface area contributed by atoms with Crippen molar-refractivity contribution >= 4 is 11.8 Å². The van der Waals surface area contributed by atoms with Gasteiger partial charge in [0.05, 0.1) is 5.41 Å². The predicted octanol–water partition coefficient (Wildman–Crippen LogP) is 2.63. The summed E-state index contributed by atoms with van der Waals surface area (Å²) in [6, 6.07) is 14.8. The first-order valence-electron chi connectivity index (χ1n) is 11.2. The molecule has 31 heavy (non-hydrogen) atoms. The summed E-state index contributed by atoms with van der Waals surface area (Å²) in [5.74, 6) is -0.258. The number of hydrogen-bond donors (Lipinski definition) is 1. The standard InChI is InChI=1S/C25H28FN3O2/c26-21-7-5-20(6-8-21)25(15-22-9-10-23(30)29(22)17-25)24(31)27-12-14-28-13-11-18-3-1-2-4-19(18)16-28/h1-8,22H,9-17H2,(H,27,31)/t22-,25-/m0/s1. The van der Waals surface area contributed by atoms with Gasteiger partial charge >= 0.3 is 0 Å². The number of nitrogens with one attached hydrogen (secondary N) is 1. The van der Waals surface area contributed by atoms with E-state index in [9.17, 15) is 14.0 Å². The van der Waals surface area contributed by atoms with Gasteiger partial charge in [-0.2, -0.15) is 0 Å². The van der Waals surface area contributed by atoms with Crippen molar-refractivity contribution in [2.24, 2.45) is 0 Å². The lowest BCUT2D eigenvalue weighted by Gasteiger charge is -2.31. The van der Waals surface area contributed by atoms with Crippen molar-refractivity contribution in [2.45, 2.75) is 43.7 Å². The number of nitrogens with zero attached hydrogens (tertiary/aromatic N) is 2. The second-order valence-corrected chi connectivity index (χ2v) is 9.06. The number of fused-ring (bicyclic) bond motifs is 2. The normalized spacial score (nSPS) is 25.4. The van der Waals surface area contributed by atoms with Crippen LogP contribution in [0.2, 0.25) is 0 Å². The van der Waals surface area contributed by atoms with Crippen LogP contribution in [-0.2, 0) is 28.0 Å². The molecule has 3 aliphatic heterocycles. The van der Waals surface area contributed by atoms with E-state index in [0.29, 0.717) is 25.9 Å². The molecule has 162 valence electrons. The van der Waals surface area contributed by atoms with Gasteiger partial charge in [0.2, 0.25) is 11.8 Å². The number of amides is 2. The Hall–Kier alpha value is -2.73. The third-order valence-electron chi connectivity index (χ3n) is 7.23. The van der Waals surface area contributed by atoms with Crippen LogP contribution in [0, 0.1) is 5.82 Å². The van der Waals surface area contributed by atoms with Crippen LogP contribution >= 0.6 is 0 Å². The lowest BCUT2D eigenvalue weighted by Crippen LogP contribution is -2.49. The van der Waals surface area contributed by atoms with E-state index in [0.717, 1.165) is 38.0 Å². The number of carbonyl (C=O) groups is 2. The molecule has 0 saturated carbocycles. The fourth-order valence-electron chi connectivity index (χ4n) is 5.50. The zero-order valence-electron chi connectivity index (χ0n) is 17.6. The fourth-order valence-corrected chi connectivity index (χ4v) is 5.50. The lowest BCUT2D eigenvalue weighted by atomic mass is 9.77. The summed E-state index contributed by atoms with van der Waals surface area (Å²) in [4.78, 5) is 30.0. The van der Waals surface area contributed by atoms with Crippen molar-refractivity contribution in [1.82, 2.24) is 15.1 Å². The summed E-state index contributed by atoms with van der Waals surface area (Å²) >= 11 is 0. The minimum absolute atomic E-state index is 0.0567. The second kappa shape index (κ2) is 8.08. The van der Waals surface area contributed by atoms with Gasteiger partial charge in [-0.1, -0.05) is 36.4 Å². The molecular weight excluding hydrogens is 393 g/mol. The average Bonchev–Trinajstić information content (AvgIpc) is 3.34. The first-order chi connectivity index (χ1) is 15.0. The van der Waals surface area contributed by atoms with Crippen molar-refractivity contribution in [3.63, 3.8) is 0 Å². The maximum atomic E-state index is 13.5. The summed E-state index contributed by atoms with van der Waals surface area (Å²) in [5.41, 5.74) is 2.76. The fraction of sp³-hybridized carbons (Fsp3) is 0.440. The highest BCUT2D eigenvalue weighted by atomic mass is 19.1. The predicted molar refractivity (Wildman–Crippen MR) is 116 cm³/mol. The van der Waals surface area contributed by atoms with E-state index in [2.05, 4.69) is 34.5 Å².